The molecule has 0 aromatic heterocycles. The zero-order chi connectivity index (χ0) is 16.4. The Balaban J connectivity index is 1.98. The Bertz CT molecular complexity index is 486. The summed E-state index contributed by atoms with van der Waals surface area (Å²) in [4.78, 5) is 1.96. The maximum absolute atomic E-state index is 12.5. The van der Waals surface area contributed by atoms with Crippen molar-refractivity contribution in [2.24, 2.45) is 0 Å². The third-order valence-electron chi connectivity index (χ3n) is 4.09. The highest BCUT2D eigenvalue weighted by molar-refractivity contribution is 5.24. The fourth-order valence-electron chi connectivity index (χ4n) is 2.72. The van der Waals surface area contributed by atoms with Crippen LogP contribution in [0.1, 0.15) is 17.5 Å². The topological polar surface area (TPSA) is 41.9 Å². The van der Waals surface area contributed by atoms with Crippen molar-refractivity contribution in [3.05, 3.63) is 35.4 Å². The van der Waals surface area contributed by atoms with Crippen molar-refractivity contribution < 1.29 is 27.8 Å². The van der Waals surface area contributed by atoms with E-state index in [9.17, 15) is 18.3 Å². The Labute approximate surface area is 127 Å². The van der Waals surface area contributed by atoms with Crippen LogP contribution in [0.25, 0.3) is 0 Å². The first-order chi connectivity index (χ1) is 10.3. The molecule has 0 amide bonds. The van der Waals surface area contributed by atoms with Gasteiger partial charge in [0.2, 0.25) is 0 Å². The van der Waals surface area contributed by atoms with E-state index in [-0.39, 0.29) is 0 Å². The van der Waals surface area contributed by atoms with E-state index in [1.807, 2.05) is 4.90 Å². The highest BCUT2D eigenvalue weighted by Gasteiger charge is 2.43. The summed E-state index contributed by atoms with van der Waals surface area (Å²) in [5, 5.41) is 10.2. The van der Waals surface area contributed by atoms with Gasteiger partial charge in [-0.1, -0.05) is 12.1 Å². The summed E-state index contributed by atoms with van der Waals surface area (Å²) in [6.07, 6.45) is -4.65. The predicted molar refractivity (Wildman–Crippen MR) is 74.1 cm³/mol. The molecule has 1 N–H and O–H groups in total. The lowest BCUT2D eigenvalue weighted by atomic mass is 9.99. The van der Waals surface area contributed by atoms with Crippen LogP contribution in [-0.4, -0.2) is 49.2 Å². The van der Waals surface area contributed by atoms with E-state index in [0.717, 1.165) is 17.7 Å². The van der Waals surface area contributed by atoms with Crippen LogP contribution in [0.5, 0.6) is 0 Å². The van der Waals surface area contributed by atoms with Gasteiger partial charge in [-0.25, -0.2) is 0 Å². The van der Waals surface area contributed by atoms with Gasteiger partial charge in [-0.3, -0.25) is 4.90 Å². The van der Waals surface area contributed by atoms with Gasteiger partial charge in [0, 0.05) is 40.3 Å². The average molecular weight is 319 g/mol. The van der Waals surface area contributed by atoms with Crippen molar-refractivity contribution >= 4 is 0 Å². The zero-order valence-corrected chi connectivity index (χ0v) is 12.6. The van der Waals surface area contributed by atoms with Crippen molar-refractivity contribution in [2.45, 2.75) is 31.0 Å². The number of hydrogen-bond donors (Lipinski definition) is 1. The molecule has 0 saturated carbocycles. The van der Waals surface area contributed by atoms with Crippen LogP contribution < -0.4 is 0 Å². The number of likely N-dealkylation sites (tertiary alicyclic amines) is 1. The van der Waals surface area contributed by atoms with E-state index in [4.69, 9.17) is 9.47 Å². The number of rotatable bonds is 4. The first kappa shape index (κ1) is 17.2. The molecule has 1 saturated heterocycles. The summed E-state index contributed by atoms with van der Waals surface area (Å²) >= 11 is 0. The number of aliphatic hydroxyl groups excluding tert-OH is 1. The second-order valence-corrected chi connectivity index (χ2v) is 5.42. The molecule has 124 valence electrons. The molecule has 0 spiro atoms. The van der Waals surface area contributed by atoms with Crippen LogP contribution >= 0.6 is 0 Å². The van der Waals surface area contributed by atoms with E-state index in [2.05, 4.69) is 0 Å². The molecule has 1 unspecified atom stereocenters. The minimum Gasteiger partial charge on any atom is -0.386 e. The SMILES string of the molecule is COC1(OC)CCN(Cc2ccc(C(F)(F)F)cc2)CC1O. The molecule has 0 bridgehead atoms. The Hall–Kier alpha value is -1.15. The largest absolute Gasteiger partial charge is 0.416 e. The number of ether oxygens (including phenoxy) is 2. The minimum absolute atomic E-state index is 0.336. The Morgan fingerprint density at radius 2 is 1.82 bits per heavy atom. The van der Waals surface area contributed by atoms with Crippen LogP contribution in [0.4, 0.5) is 13.2 Å². The lowest BCUT2D eigenvalue weighted by Gasteiger charge is -2.43. The summed E-state index contributed by atoms with van der Waals surface area (Å²) in [5.41, 5.74) is 0.107. The van der Waals surface area contributed by atoms with Crippen molar-refractivity contribution in [2.75, 3.05) is 27.3 Å². The van der Waals surface area contributed by atoms with E-state index in [1.54, 1.807) is 0 Å². The first-order valence-corrected chi connectivity index (χ1v) is 6.97. The fourth-order valence-corrected chi connectivity index (χ4v) is 2.72. The highest BCUT2D eigenvalue weighted by Crippen LogP contribution is 2.30. The molecule has 1 aliphatic rings. The van der Waals surface area contributed by atoms with E-state index >= 15 is 0 Å². The highest BCUT2D eigenvalue weighted by atomic mass is 19.4. The maximum atomic E-state index is 12.5. The third kappa shape index (κ3) is 3.60. The maximum Gasteiger partial charge on any atom is 0.416 e. The van der Waals surface area contributed by atoms with Crippen LogP contribution in [0.3, 0.4) is 0 Å². The molecule has 1 aromatic rings. The van der Waals surface area contributed by atoms with Crippen LogP contribution in [-0.2, 0) is 22.2 Å². The van der Waals surface area contributed by atoms with Gasteiger partial charge in [0.15, 0.2) is 5.79 Å². The van der Waals surface area contributed by atoms with Gasteiger partial charge in [-0.15, -0.1) is 0 Å². The minimum atomic E-state index is -4.32. The number of β-amino-alcohol motifs (C(OH)–C–C–N with tert-alkyl or cyclic N) is 1. The van der Waals surface area contributed by atoms with E-state index < -0.39 is 23.6 Å². The molecule has 1 atom stereocenters. The molecule has 0 radical (unpaired) electrons. The lowest BCUT2D eigenvalue weighted by molar-refractivity contribution is -0.279. The third-order valence-corrected chi connectivity index (χ3v) is 4.09. The molecule has 2 rings (SSSR count). The van der Waals surface area contributed by atoms with E-state index in [0.29, 0.717) is 26.1 Å². The quantitative estimate of drug-likeness (QED) is 0.865. The average Bonchev–Trinajstić information content (AvgIpc) is 2.48. The second-order valence-electron chi connectivity index (χ2n) is 5.42. The molecule has 1 fully saturated rings. The van der Waals surface area contributed by atoms with Crippen molar-refractivity contribution in [1.82, 2.24) is 4.90 Å². The number of piperidine rings is 1. The van der Waals surface area contributed by atoms with Gasteiger partial charge < -0.3 is 14.6 Å². The summed E-state index contributed by atoms with van der Waals surface area (Å²) in [6, 6.07) is 5.07. The summed E-state index contributed by atoms with van der Waals surface area (Å²) < 4.78 is 48.1. The normalized spacial score (nSPS) is 22.7. The number of alkyl halides is 3. The summed E-state index contributed by atoms with van der Waals surface area (Å²) in [6.45, 7) is 1.43. The van der Waals surface area contributed by atoms with Crippen molar-refractivity contribution in [3.63, 3.8) is 0 Å². The van der Waals surface area contributed by atoms with Crippen LogP contribution in [0.15, 0.2) is 24.3 Å². The number of nitrogens with zero attached hydrogens (tertiary/aromatic N) is 1. The van der Waals surface area contributed by atoms with E-state index in [1.165, 1.54) is 26.4 Å². The van der Waals surface area contributed by atoms with Gasteiger partial charge in [-0.2, -0.15) is 13.2 Å². The van der Waals surface area contributed by atoms with Gasteiger partial charge >= 0.3 is 6.18 Å². The molecule has 1 aliphatic heterocycles. The van der Waals surface area contributed by atoms with Gasteiger partial charge in [0.25, 0.3) is 0 Å². The Kier molecular flexibility index (Phi) is 5.11. The van der Waals surface area contributed by atoms with Crippen molar-refractivity contribution in [1.29, 1.82) is 0 Å². The zero-order valence-electron chi connectivity index (χ0n) is 12.6. The Morgan fingerprint density at radius 1 is 1.23 bits per heavy atom. The molecular weight excluding hydrogens is 299 g/mol. The first-order valence-electron chi connectivity index (χ1n) is 6.97. The second kappa shape index (κ2) is 6.54. The molecule has 7 heteroatoms. The number of aliphatic hydroxyl groups is 1. The van der Waals surface area contributed by atoms with Crippen LogP contribution in [0.2, 0.25) is 0 Å². The number of hydrogen-bond acceptors (Lipinski definition) is 4. The van der Waals surface area contributed by atoms with Gasteiger partial charge in [0.1, 0.15) is 6.10 Å². The van der Waals surface area contributed by atoms with Gasteiger partial charge in [-0.05, 0) is 17.7 Å². The standard InChI is InChI=1S/C15H20F3NO3/c1-21-14(22-2)7-8-19(10-13(14)20)9-11-3-5-12(6-4-11)15(16,17)18/h3-6,13,20H,7-10H2,1-2H3. The molecule has 1 heterocycles. The molecular formula is C15H20F3NO3. The molecule has 22 heavy (non-hydrogen) atoms. The predicted octanol–water partition coefficient (Wildman–Crippen LogP) is 2.26. The number of halogens is 3. The van der Waals surface area contributed by atoms with Gasteiger partial charge in [0.05, 0.1) is 5.56 Å². The number of benzene rings is 1. The van der Waals surface area contributed by atoms with Crippen LogP contribution in [0, 0.1) is 0 Å². The summed E-state index contributed by atoms with van der Waals surface area (Å²) in [7, 11) is 2.97. The molecule has 0 aliphatic carbocycles. The monoisotopic (exact) mass is 319 g/mol. The van der Waals surface area contributed by atoms with Crippen molar-refractivity contribution in [3.8, 4) is 0 Å². The lowest BCUT2D eigenvalue weighted by Crippen LogP contribution is -2.57. The Morgan fingerprint density at radius 3 is 2.27 bits per heavy atom. The molecule has 1 aromatic carbocycles. The molecule has 4 nitrogen and oxygen atoms in total. The number of methoxy groups -OCH3 is 2. The fraction of sp³-hybridized carbons (Fsp3) is 0.600. The summed E-state index contributed by atoms with van der Waals surface area (Å²) in [5.74, 6) is -1.00. The smallest absolute Gasteiger partial charge is 0.386 e.